The summed E-state index contributed by atoms with van der Waals surface area (Å²) in [7, 11) is 0. The summed E-state index contributed by atoms with van der Waals surface area (Å²) in [5.41, 5.74) is 1.19. The molecule has 0 aromatic carbocycles. The zero-order valence-electron chi connectivity index (χ0n) is 10.2. The van der Waals surface area contributed by atoms with Crippen LogP contribution in [0.15, 0.2) is 0 Å². The van der Waals surface area contributed by atoms with Gasteiger partial charge < -0.3 is 10.1 Å². The summed E-state index contributed by atoms with van der Waals surface area (Å²) in [6.45, 7) is 8.25. The van der Waals surface area contributed by atoms with Gasteiger partial charge in [-0.05, 0) is 33.6 Å². The molecule has 0 bridgehead atoms. The van der Waals surface area contributed by atoms with E-state index in [2.05, 4.69) is 31.1 Å². The maximum Gasteiger partial charge on any atom is 0.0900 e. The van der Waals surface area contributed by atoms with Crippen molar-refractivity contribution >= 4 is 11.3 Å². The van der Waals surface area contributed by atoms with Crippen molar-refractivity contribution in [2.24, 2.45) is 0 Å². The number of aryl methyl sites for hydroxylation is 2. The minimum absolute atomic E-state index is 0.328. The first-order valence-electron chi connectivity index (χ1n) is 5.95. The molecule has 0 amide bonds. The molecular weight excluding hydrogens is 220 g/mol. The van der Waals surface area contributed by atoms with E-state index in [4.69, 9.17) is 4.74 Å². The molecule has 0 spiro atoms. The summed E-state index contributed by atoms with van der Waals surface area (Å²) in [5, 5.41) is 4.67. The normalized spacial score (nSPS) is 22.6. The summed E-state index contributed by atoms with van der Waals surface area (Å²) < 4.78 is 5.59. The third-order valence-corrected chi connectivity index (χ3v) is 3.93. The van der Waals surface area contributed by atoms with Crippen LogP contribution in [0.5, 0.6) is 0 Å². The largest absolute Gasteiger partial charge is 0.377 e. The lowest BCUT2D eigenvalue weighted by Gasteiger charge is -2.16. The minimum Gasteiger partial charge on any atom is -0.377 e. The van der Waals surface area contributed by atoms with E-state index >= 15 is 0 Å². The third kappa shape index (κ3) is 2.81. The monoisotopic (exact) mass is 240 g/mol. The molecule has 3 nitrogen and oxygen atoms in total. The SMILES string of the molecule is Cc1nc(C(C)NCC2CCCO2)c(C)s1. The predicted molar refractivity (Wildman–Crippen MR) is 67.0 cm³/mol. The first kappa shape index (κ1) is 12.0. The third-order valence-electron chi connectivity index (χ3n) is 3.03. The molecule has 1 aromatic rings. The second-order valence-corrected chi connectivity index (χ2v) is 5.85. The van der Waals surface area contributed by atoms with Gasteiger partial charge in [0, 0.05) is 24.1 Å². The fourth-order valence-electron chi connectivity index (χ4n) is 2.16. The second kappa shape index (κ2) is 5.25. The van der Waals surface area contributed by atoms with Crippen LogP contribution in [0, 0.1) is 13.8 Å². The van der Waals surface area contributed by atoms with E-state index in [1.54, 1.807) is 11.3 Å². The Balaban J connectivity index is 1.87. The molecule has 1 fully saturated rings. The highest BCUT2D eigenvalue weighted by Crippen LogP contribution is 2.22. The van der Waals surface area contributed by atoms with Crippen molar-refractivity contribution in [2.75, 3.05) is 13.2 Å². The maximum atomic E-state index is 5.59. The molecule has 1 aliphatic heterocycles. The highest BCUT2D eigenvalue weighted by atomic mass is 32.1. The highest BCUT2D eigenvalue weighted by molar-refractivity contribution is 7.11. The van der Waals surface area contributed by atoms with Crippen LogP contribution in [0.1, 0.15) is 41.4 Å². The van der Waals surface area contributed by atoms with E-state index < -0.39 is 0 Å². The Morgan fingerprint density at radius 1 is 1.56 bits per heavy atom. The van der Waals surface area contributed by atoms with Gasteiger partial charge in [-0.25, -0.2) is 4.98 Å². The average Bonchev–Trinajstić information content (AvgIpc) is 2.84. The Bertz CT molecular complexity index is 345. The molecule has 0 saturated carbocycles. The molecule has 2 unspecified atom stereocenters. The van der Waals surface area contributed by atoms with Gasteiger partial charge in [0.05, 0.1) is 16.8 Å². The molecule has 1 aliphatic rings. The maximum absolute atomic E-state index is 5.59. The lowest BCUT2D eigenvalue weighted by Crippen LogP contribution is -2.29. The van der Waals surface area contributed by atoms with E-state index in [0.29, 0.717) is 12.1 Å². The van der Waals surface area contributed by atoms with E-state index in [1.165, 1.54) is 23.4 Å². The quantitative estimate of drug-likeness (QED) is 0.878. The summed E-state index contributed by atoms with van der Waals surface area (Å²) in [6.07, 6.45) is 2.80. The van der Waals surface area contributed by atoms with Crippen molar-refractivity contribution in [2.45, 2.75) is 45.8 Å². The molecule has 0 radical (unpaired) electrons. The molecule has 2 rings (SSSR count). The molecular formula is C12H20N2OS. The van der Waals surface area contributed by atoms with Crippen LogP contribution in [0.25, 0.3) is 0 Å². The van der Waals surface area contributed by atoms with Gasteiger partial charge >= 0.3 is 0 Å². The van der Waals surface area contributed by atoms with E-state index in [-0.39, 0.29) is 0 Å². The molecule has 1 N–H and O–H groups in total. The molecule has 16 heavy (non-hydrogen) atoms. The first-order valence-corrected chi connectivity index (χ1v) is 6.77. The topological polar surface area (TPSA) is 34.2 Å². The Labute approximate surface area is 101 Å². The van der Waals surface area contributed by atoms with Crippen LogP contribution in [-0.4, -0.2) is 24.2 Å². The van der Waals surface area contributed by atoms with Crippen LogP contribution in [0.2, 0.25) is 0 Å². The van der Waals surface area contributed by atoms with Crippen LogP contribution in [0.3, 0.4) is 0 Å². The van der Waals surface area contributed by atoms with Gasteiger partial charge in [0.15, 0.2) is 0 Å². The summed E-state index contributed by atoms with van der Waals surface area (Å²) in [5.74, 6) is 0. The predicted octanol–water partition coefficient (Wildman–Crippen LogP) is 2.59. The Morgan fingerprint density at radius 3 is 2.94 bits per heavy atom. The van der Waals surface area contributed by atoms with E-state index in [0.717, 1.165) is 18.2 Å². The first-order chi connectivity index (χ1) is 7.66. The van der Waals surface area contributed by atoms with Crippen LogP contribution >= 0.6 is 11.3 Å². The number of aromatic nitrogens is 1. The Kier molecular flexibility index (Phi) is 3.95. The van der Waals surface area contributed by atoms with Crippen LogP contribution < -0.4 is 5.32 Å². The molecule has 2 heterocycles. The summed E-state index contributed by atoms with van der Waals surface area (Å²) >= 11 is 1.77. The van der Waals surface area contributed by atoms with Gasteiger partial charge in [-0.1, -0.05) is 0 Å². The lowest BCUT2D eigenvalue weighted by atomic mass is 10.2. The second-order valence-electron chi connectivity index (χ2n) is 4.44. The Hall–Kier alpha value is -0.450. The fourth-order valence-corrected chi connectivity index (χ4v) is 3.07. The fraction of sp³-hybridized carbons (Fsp3) is 0.750. The summed E-state index contributed by atoms with van der Waals surface area (Å²) in [4.78, 5) is 5.89. The van der Waals surface area contributed by atoms with Crippen molar-refractivity contribution in [1.82, 2.24) is 10.3 Å². The van der Waals surface area contributed by atoms with E-state index in [9.17, 15) is 0 Å². The molecule has 4 heteroatoms. The lowest BCUT2D eigenvalue weighted by molar-refractivity contribution is 0.108. The van der Waals surface area contributed by atoms with Crippen molar-refractivity contribution in [3.63, 3.8) is 0 Å². The van der Waals surface area contributed by atoms with Gasteiger partial charge in [-0.3, -0.25) is 0 Å². The zero-order valence-corrected chi connectivity index (χ0v) is 11.1. The van der Waals surface area contributed by atoms with Crippen LogP contribution in [-0.2, 0) is 4.74 Å². The average molecular weight is 240 g/mol. The molecule has 0 aliphatic carbocycles. The zero-order chi connectivity index (χ0) is 11.5. The minimum atomic E-state index is 0.328. The number of nitrogens with zero attached hydrogens (tertiary/aromatic N) is 1. The van der Waals surface area contributed by atoms with Gasteiger partial charge in [0.1, 0.15) is 0 Å². The molecule has 1 aromatic heterocycles. The Morgan fingerprint density at radius 2 is 2.38 bits per heavy atom. The molecule has 90 valence electrons. The van der Waals surface area contributed by atoms with Crippen molar-refractivity contribution in [3.05, 3.63) is 15.6 Å². The van der Waals surface area contributed by atoms with Crippen molar-refractivity contribution in [1.29, 1.82) is 0 Å². The number of ether oxygens (including phenoxy) is 1. The number of rotatable bonds is 4. The number of hydrogen-bond acceptors (Lipinski definition) is 4. The van der Waals surface area contributed by atoms with Crippen molar-refractivity contribution < 1.29 is 4.74 Å². The molecule has 1 saturated heterocycles. The summed E-state index contributed by atoms with van der Waals surface area (Å²) in [6, 6.07) is 0.328. The molecule has 2 atom stereocenters. The standard InChI is InChI=1S/C12H20N2OS/c1-8(12-9(2)16-10(3)14-12)13-7-11-5-4-6-15-11/h8,11,13H,4-7H2,1-3H3. The van der Waals surface area contributed by atoms with Gasteiger partial charge in [-0.15, -0.1) is 11.3 Å². The van der Waals surface area contributed by atoms with Crippen molar-refractivity contribution in [3.8, 4) is 0 Å². The number of thiazole rings is 1. The van der Waals surface area contributed by atoms with E-state index in [1.807, 2.05) is 0 Å². The highest BCUT2D eigenvalue weighted by Gasteiger charge is 2.18. The number of nitrogens with one attached hydrogen (secondary N) is 1. The van der Waals surface area contributed by atoms with Gasteiger partial charge in [0.25, 0.3) is 0 Å². The smallest absolute Gasteiger partial charge is 0.0900 e. The van der Waals surface area contributed by atoms with Gasteiger partial charge in [-0.2, -0.15) is 0 Å². The number of hydrogen-bond donors (Lipinski definition) is 1. The van der Waals surface area contributed by atoms with Crippen LogP contribution in [0.4, 0.5) is 0 Å². The van der Waals surface area contributed by atoms with Gasteiger partial charge in [0.2, 0.25) is 0 Å².